The van der Waals surface area contributed by atoms with Gasteiger partial charge in [0.1, 0.15) is 5.75 Å². The highest BCUT2D eigenvalue weighted by Gasteiger charge is 2.06. The van der Waals surface area contributed by atoms with Gasteiger partial charge in [-0.3, -0.25) is 4.79 Å². The number of carbonyl (C=O) groups is 1. The van der Waals surface area contributed by atoms with Crippen molar-refractivity contribution in [2.45, 2.75) is 20.4 Å². The van der Waals surface area contributed by atoms with E-state index < -0.39 is 0 Å². The number of guanidine groups is 1. The van der Waals surface area contributed by atoms with Gasteiger partial charge in [0.2, 0.25) is 5.91 Å². The quantitative estimate of drug-likeness (QED) is 0.453. The molecule has 0 aromatic heterocycles. The van der Waals surface area contributed by atoms with Gasteiger partial charge in [0.15, 0.2) is 5.96 Å². The molecule has 0 unspecified atom stereocenters. The largest absolute Gasteiger partial charge is 0.497 e. The van der Waals surface area contributed by atoms with E-state index in [0.717, 1.165) is 22.4 Å². The van der Waals surface area contributed by atoms with E-state index in [0.29, 0.717) is 19.0 Å². The summed E-state index contributed by atoms with van der Waals surface area (Å²) in [7, 11) is 5.10. The van der Waals surface area contributed by atoms with E-state index in [2.05, 4.69) is 28.3 Å². The fourth-order valence-corrected chi connectivity index (χ4v) is 1.93. The van der Waals surface area contributed by atoms with E-state index in [4.69, 9.17) is 4.74 Å². The van der Waals surface area contributed by atoms with E-state index in [1.54, 1.807) is 21.2 Å². The molecule has 24 heavy (non-hydrogen) atoms. The molecule has 1 aromatic rings. The average Bonchev–Trinajstić information content (AvgIpc) is 2.52. The number of likely N-dealkylation sites (N-methyl/N-ethyl adjacent to an activating group) is 1. The number of nitrogens with zero attached hydrogens (tertiary/aromatic N) is 2. The fourth-order valence-electron chi connectivity index (χ4n) is 1.93. The molecule has 0 aliphatic carbocycles. The number of hydrogen-bond donors (Lipinski definition) is 2. The summed E-state index contributed by atoms with van der Waals surface area (Å²) >= 11 is 0. The number of aryl methyl sites for hydroxylation is 1. The van der Waals surface area contributed by atoms with Gasteiger partial charge in [-0.1, -0.05) is 18.2 Å². The summed E-state index contributed by atoms with van der Waals surface area (Å²) in [6.07, 6.45) is 0. The number of aliphatic imine (C=N–C) groups is 1. The second-order valence-electron chi connectivity index (χ2n) is 5.98. The summed E-state index contributed by atoms with van der Waals surface area (Å²) in [5.41, 5.74) is 3.15. The van der Waals surface area contributed by atoms with Crippen LogP contribution in [0.15, 0.2) is 35.3 Å². The van der Waals surface area contributed by atoms with Crippen molar-refractivity contribution in [2.75, 3.05) is 34.3 Å². The zero-order valence-electron chi connectivity index (χ0n) is 15.3. The molecular formula is C18H28N4O2. The van der Waals surface area contributed by atoms with Gasteiger partial charge >= 0.3 is 0 Å². The van der Waals surface area contributed by atoms with Crippen molar-refractivity contribution in [3.8, 4) is 5.75 Å². The van der Waals surface area contributed by atoms with Gasteiger partial charge in [-0.15, -0.1) is 0 Å². The molecule has 2 N–H and O–H groups in total. The summed E-state index contributed by atoms with van der Waals surface area (Å²) in [4.78, 5) is 17.8. The molecule has 0 fully saturated rings. The topological polar surface area (TPSA) is 66.0 Å². The first-order valence-corrected chi connectivity index (χ1v) is 7.83. The minimum atomic E-state index is -0.0166. The Morgan fingerprint density at radius 2 is 1.92 bits per heavy atom. The molecule has 0 aliphatic rings. The van der Waals surface area contributed by atoms with Gasteiger partial charge in [0.25, 0.3) is 0 Å². The van der Waals surface area contributed by atoms with E-state index in [1.165, 1.54) is 4.90 Å². The maximum absolute atomic E-state index is 11.7. The van der Waals surface area contributed by atoms with Crippen LogP contribution in [0.2, 0.25) is 0 Å². The molecule has 1 amide bonds. The molecule has 6 heteroatoms. The van der Waals surface area contributed by atoms with Crippen LogP contribution in [0.3, 0.4) is 0 Å². The van der Waals surface area contributed by atoms with Gasteiger partial charge in [-0.2, -0.15) is 0 Å². The van der Waals surface area contributed by atoms with E-state index >= 15 is 0 Å². The van der Waals surface area contributed by atoms with Gasteiger partial charge in [0, 0.05) is 20.6 Å². The lowest BCUT2D eigenvalue weighted by atomic mass is 10.1. The SMILES string of the molecule is C=C(C)CNC(=NCc1cc(C)cc(OC)c1)NCC(=O)N(C)C. The summed E-state index contributed by atoms with van der Waals surface area (Å²) in [6.45, 7) is 9.08. The van der Waals surface area contributed by atoms with Crippen molar-refractivity contribution in [2.24, 2.45) is 4.99 Å². The third-order valence-corrected chi connectivity index (χ3v) is 3.23. The lowest BCUT2D eigenvalue weighted by molar-refractivity contribution is -0.127. The Morgan fingerprint density at radius 1 is 1.25 bits per heavy atom. The van der Waals surface area contributed by atoms with Crippen molar-refractivity contribution in [1.82, 2.24) is 15.5 Å². The van der Waals surface area contributed by atoms with Crippen LogP contribution in [0.4, 0.5) is 0 Å². The Labute approximate surface area is 144 Å². The highest BCUT2D eigenvalue weighted by Crippen LogP contribution is 2.16. The molecule has 0 atom stereocenters. The van der Waals surface area contributed by atoms with Crippen molar-refractivity contribution in [3.05, 3.63) is 41.5 Å². The standard InChI is InChI=1S/C18H28N4O2/c1-13(2)10-19-18(21-12-17(23)22(4)5)20-11-15-7-14(3)8-16(9-15)24-6/h7-9H,1,10-12H2,2-6H3,(H2,19,20,21). The average molecular weight is 332 g/mol. The maximum Gasteiger partial charge on any atom is 0.241 e. The molecule has 0 saturated carbocycles. The van der Waals surface area contributed by atoms with Crippen LogP contribution in [0.1, 0.15) is 18.1 Å². The van der Waals surface area contributed by atoms with Crippen LogP contribution in [0.25, 0.3) is 0 Å². The first kappa shape index (κ1) is 19.5. The molecule has 6 nitrogen and oxygen atoms in total. The van der Waals surface area contributed by atoms with Crippen LogP contribution in [-0.2, 0) is 11.3 Å². The van der Waals surface area contributed by atoms with E-state index in [1.807, 2.05) is 26.0 Å². The summed E-state index contributed by atoms with van der Waals surface area (Å²) < 4.78 is 5.29. The molecule has 1 aromatic carbocycles. The molecule has 0 radical (unpaired) electrons. The lowest BCUT2D eigenvalue weighted by Crippen LogP contribution is -2.43. The highest BCUT2D eigenvalue weighted by molar-refractivity contribution is 5.86. The van der Waals surface area contributed by atoms with E-state index in [9.17, 15) is 4.79 Å². The normalized spacial score (nSPS) is 11.0. The zero-order chi connectivity index (χ0) is 18.1. The molecule has 1 rings (SSSR count). The first-order chi connectivity index (χ1) is 11.3. The van der Waals surface area contributed by atoms with Gasteiger partial charge in [-0.05, 0) is 37.1 Å². The van der Waals surface area contributed by atoms with Crippen molar-refractivity contribution < 1.29 is 9.53 Å². The molecule has 0 spiro atoms. The number of rotatable bonds is 7. The lowest BCUT2D eigenvalue weighted by Gasteiger charge is -2.15. The molecule has 0 saturated heterocycles. The molecular weight excluding hydrogens is 304 g/mol. The van der Waals surface area contributed by atoms with Gasteiger partial charge < -0.3 is 20.3 Å². The number of nitrogens with one attached hydrogen (secondary N) is 2. The van der Waals surface area contributed by atoms with Crippen molar-refractivity contribution in [1.29, 1.82) is 0 Å². The number of amides is 1. The van der Waals surface area contributed by atoms with Gasteiger partial charge in [-0.25, -0.2) is 4.99 Å². The number of benzene rings is 1. The first-order valence-electron chi connectivity index (χ1n) is 7.83. The number of carbonyl (C=O) groups excluding carboxylic acids is 1. The van der Waals surface area contributed by atoms with Crippen LogP contribution in [0.5, 0.6) is 5.75 Å². The maximum atomic E-state index is 11.7. The van der Waals surface area contributed by atoms with Crippen LogP contribution >= 0.6 is 0 Å². The highest BCUT2D eigenvalue weighted by atomic mass is 16.5. The van der Waals surface area contributed by atoms with Crippen LogP contribution in [0, 0.1) is 6.92 Å². The van der Waals surface area contributed by atoms with Crippen LogP contribution < -0.4 is 15.4 Å². The Morgan fingerprint density at radius 3 is 2.50 bits per heavy atom. The second-order valence-corrected chi connectivity index (χ2v) is 5.98. The minimum Gasteiger partial charge on any atom is -0.497 e. The zero-order valence-corrected chi connectivity index (χ0v) is 15.3. The Balaban J connectivity index is 2.80. The fraction of sp³-hybridized carbons (Fsp3) is 0.444. The summed E-state index contributed by atoms with van der Waals surface area (Å²) in [6, 6.07) is 5.99. The third kappa shape index (κ3) is 7.17. The number of ether oxygens (including phenoxy) is 1. The monoisotopic (exact) mass is 332 g/mol. The number of hydrogen-bond acceptors (Lipinski definition) is 3. The molecule has 0 heterocycles. The minimum absolute atomic E-state index is 0.0166. The third-order valence-electron chi connectivity index (χ3n) is 3.23. The van der Waals surface area contributed by atoms with Crippen molar-refractivity contribution in [3.63, 3.8) is 0 Å². The Bertz CT molecular complexity index is 609. The Kier molecular flexibility index (Phi) is 7.82. The molecule has 0 aliphatic heterocycles. The second kappa shape index (κ2) is 9.60. The van der Waals surface area contributed by atoms with E-state index in [-0.39, 0.29) is 12.5 Å². The number of methoxy groups -OCH3 is 1. The molecule has 0 bridgehead atoms. The predicted octanol–water partition coefficient (Wildman–Crippen LogP) is 1.70. The van der Waals surface area contributed by atoms with Crippen molar-refractivity contribution >= 4 is 11.9 Å². The Hall–Kier alpha value is -2.50. The smallest absolute Gasteiger partial charge is 0.241 e. The summed E-state index contributed by atoms with van der Waals surface area (Å²) in [5.74, 6) is 1.37. The molecule has 132 valence electrons. The van der Waals surface area contributed by atoms with Gasteiger partial charge in [0.05, 0.1) is 20.2 Å². The predicted molar refractivity (Wildman–Crippen MR) is 98.4 cm³/mol. The summed E-state index contributed by atoms with van der Waals surface area (Å²) in [5, 5.41) is 6.21. The van der Waals surface area contributed by atoms with Crippen LogP contribution in [-0.4, -0.2) is 51.1 Å².